The van der Waals surface area contributed by atoms with Crippen LogP contribution in [0.3, 0.4) is 0 Å². The van der Waals surface area contributed by atoms with Gasteiger partial charge in [-0.2, -0.15) is 4.80 Å². The summed E-state index contributed by atoms with van der Waals surface area (Å²) in [5.74, 6) is 0.292. The van der Waals surface area contributed by atoms with E-state index in [9.17, 15) is 5.11 Å². The highest BCUT2D eigenvalue weighted by atomic mass is 16.3. The van der Waals surface area contributed by atoms with Crippen LogP contribution in [0.1, 0.15) is 11.1 Å². The second-order valence-electron chi connectivity index (χ2n) is 7.01. The van der Waals surface area contributed by atoms with E-state index in [2.05, 4.69) is 22.3 Å². The largest absolute Gasteiger partial charge is 0.507 e. The van der Waals surface area contributed by atoms with Gasteiger partial charge in [0.15, 0.2) is 0 Å². The van der Waals surface area contributed by atoms with Gasteiger partial charge >= 0.3 is 0 Å². The molecule has 0 amide bonds. The summed E-state index contributed by atoms with van der Waals surface area (Å²) in [5.41, 5.74) is 6.21. The minimum Gasteiger partial charge on any atom is -0.507 e. The molecule has 0 bridgehead atoms. The zero-order valence-electron chi connectivity index (χ0n) is 15.7. The molecule has 0 saturated carbocycles. The number of hydrogen-bond acceptors (Lipinski definition) is 3. The van der Waals surface area contributed by atoms with E-state index < -0.39 is 0 Å². The summed E-state index contributed by atoms with van der Waals surface area (Å²) in [6.45, 7) is 0. The molecule has 0 saturated heterocycles. The van der Waals surface area contributed by atoms with Crippen LogP contribution < -0.4 is 0 Å². The second-order valence-corrected chi connectivity index (χ2v) is 7.01. The fourth-order valence-electron chi connectivity index (χ4n) is 3.56. The summed E-state index contributed by atoms with van der Waals surface area (Å²) in [4.78, 5) is 1.64. The summed E-state index contributed by atoms with van der Waals surface area (Å²) in [5, 5.41) is 20.3. The van der Waals surface area contributed by atoms with Crippen LogP contribution in [-0.4, -0.2) is 20.1 Å². The average Bonchev–Trinajstić information content (AvgIpc) is 3.21. The monoisotopic (exact) mass is 377 g/mol. The van der Waals surface area contributed by atoms with Crippen molar-refractivity contribution in [1.29, 1.82) is 0 Å². The van der Waals surface area contributed by atoms with Gasteiger partial charge in [-0.15, -0.1) is 10.2 Å². The number of nitrogens with zero attached hydrogens (tertiary/aromatic N) is 3. The van der Waals surface area contributed by atoms with E-state index in [4.69, 9.17) is 0 Å². The van der Waals surface area contributed by atoms with Crippen molar-refractivity contribution in [3.8, 4) is 22.6 Å². The second kappa shape index (κ2) is 7.24. The van der Waals surface area contributed by atoms with Gasteiger partial charge < -0.3 is 5.11 Å². The molecule has 0 aliphatic carbocycles. The number of fused-ring (bicyclic) bond motifs is 1. The van der Waals surface area contributed by atoms with E-state index >= 15 is 0 Å². The van der Waals surface area contributed by atoms with Gasteiger partial charge in [-0.1, -0.05) is 72.8 Å². The molecule has 140 valence electrons. The SMILES string of the molecule is Oc1c(Cc2ccccc2)cc(-n2nc3ccccc3n2)cc1-c1ccccc1. The third-order valence-electron chi connectivity index (χ3n) is 5.01. The Kier molecular flexibility index (Phi) is 4.30. The molecular formula is C25H19N3O. The fraction of sp³-hybridized carbons (Fsp3) is 0.0400. The standard InChI is InChI=1S/C25H19N3O/c29-25-20(15-18-9-3-1-4-10-18)16-21(17-22(25)19-11-5-2-6-12-19)28-26-23-13-7-8-14-24(23)27-28/h1-14,16-17,29H,15H2. The number of phenols is 1. The van der Waals surface area contributed by atoms with Gasteiger partial charge in [0.05, 0.1) is 5.69 Å². The first-order chi connectivity index (χ1) is 14.3. The number of rotatable bonds is 4. The molecule has 4 aromatic carbocycles. The van der Waals surface area contributed by atoms with Gasteiger partial charge in [-0.05, 0) is 35.4 Å². The maximum atomic E-state index is 11.1. The molecule has 0 unspecified atom stereocenters. The van der Waals surface area contributed by atoms with Crippen LogP contribution in [0.25, 0.3) is 27.8 Å². The lowest BCUT2D eigenvalue weighted by Gasteiger charge is -2.13. The number of phenolic OH excluding ortho intramolecular Hbond substituents is 1. The summed E-state index contributed by atoms with van der Waals surface area (Å²) < 4.78 is 0. The first-order valence-electron chi connectivity index (χ1n) is 9.55. The third-order valence-corrected chi connectivity index (χ3v) is 5.01. The first kappa shape index (κ1) is 17.2. The Morgan fingerprint density at radius 3 is 1.93 bits per heavy atom. The van der Waals surface area contributed by atoms with Crippen molar-refractivity contribution in [3.63, 3.8) is 0 Å². The predicted octanol–water partition coefficient (Wildman–Crippen LogP) is 5.38. The summed E-state index contributed by atoms with van der Waals surface area (Å²) in [6, 6.07) is 31.8. The summed E-state index contributed by atoms with van der Waals surface area (Å²) >= 11 is 0. The quantitative estimate of drug-likeness (QED) is 0.457. The van der Waals surface area contributed by atoms with Gasteiger partial charge in [0.1, 0.15) is 16.8 Å². The lowest BCUT2D eigenvalue weighted by atomic mass is 9.96. The molecule has 5 aromatic rings. The van der Waals surface area contributed by atoms with Crippen molar-refractivity contribution in [3.05, 3.63) is 108 Å². The first-order valence-corrected chi connectivity index (χ1v) is 9.55. The molecule has 0 aliphatic rings. The van der Waals surface area contributed by atoms with Gasteiger partial charge in [-0.3, -0.25) is 0 Å². The predicted molar refractivity (Wildman–Crippen MR) is 115 cm³/mol. The summed E-state index contributed by atoms with van der Waals surface area (Å²) in [6.07, 6.45) is 0.626. The van der Waals surface area contributed by atoms with E-state index in [1.807, 2.05) is 84.9 Å². The van der Waals surface area contributed by atoms with Crippen LogP contribution in [0.4, 0.5) is 0 Å². The van der Waals surface area contributed by atoms with E-state index in [0.717, 1.165) is 39.0 Å². The van der Waals surface area contributed by atoms with E-state index in [1.165, 1.54) is 0 Å². The molecule has 1 N–H and O–H groups in total. The zero-order valence-corrected chi connectivity index (χ0v) is 15.7. The Labute approximate surface area is 168 Å². The van der Waals surface area contributed by atoms with Crippen molar-refractivity contribution in [1.82, 2.24) is 15.0 Å². The Hall–Kier alpha value is -3.92. The maximum absolute atomic E-state index is 11.1. The Morgan fingerprint density at radius 1 is 0.690 bits per heavy atom. The van der Waals surface area contributed by atoms with Crippen LogP contribution >= 0.6 is 0 Å². The van der Waals surface area contributed by atoms with E-state index in [1.54, 1.807) is 4.80 Å². The normalized spacial score (nSPS) is 11.0. The molecule has 1 aromatic heterocycles. The average molecular weight is 377 g/mol. The molecule has 4 heteroatoms. The molecule has 0 fully saturated rings. The van der Waals surface area contributed by atoms with Crippen LogP contribution in [0.2, 0.25) is 0 Å². The summed E-state index contributed by atoms with van der Waals surface area (Å²) in [7, 11) is 0. The van der Waals surface area contributed by atoms with Crippen molar-refractivity contribution >= 4 is 11.0 Å². The molecule has 29 heavy (non-hydrogen) atoms. The Bertz CT molecular complexity index is 1240. The molecular weight excluding hydrogens is 358 g/mol. The minimum atomic E-state index is 0.292. The van der Waals surface area contributed by atoms with Crippen LogP contribution in [0.5, 0.6) is 5.75 Å². The van der Waals surface area contributed by atoms with Gasteiger partial charge in [0.2, 0.25) is 0 Å². The van der Waals surface area contributed by atoms with E-state index in [-0.39, 0.29) is 0 Å². The zero-order chi connectivity index (χ0) is 19.6. The van der Waals surface area contributed by atoms with Crippen molar-refractivity contribution in [2.75, 3.05) is 0 Å². The Balaban J connectivity index is 1.69. The van der Waals surface area contributed by atoms with Gasteiger partial charge in [-0.25, -0.2) is 0 Å². The van der Waals surface area contributed by atoms with Crippen molar-refractivity contribution in [2.45, 2.75) is 6.42 Å². The third kappa shape index (κ3) is 3.36. The lowest BCUT2D eigenvalue weighted by molar-refractivity contribution is 0.471. The number of hydrogen-bond donors (Lipinski definition) is 1. The topological polar surface area (TPSA) is 50.9 Å². The van der Waals surface area contributed by atoms with Crippen LogP contribution in [0, 0.1) is 0 Å². The van der Waals surface area contributed by atoms with Crippen LogP contribution in [-0.2, 0) is 6.42 Å². The highest BCUT2D eigenvalue weighted by Crippen LogP contribution is 2.35. The number of benzene rings is 4. The number of aromatic hydroxyl groups is 1. The van der Waals surface area contributed by atoms with E-state index in [0.29, 0.717) is 12.2 Å². The number of aromatic nitrogens is 3. The molecule has 0 radical (unpaired) electrons. The van der Waals surface area contributed by atoms with Crippen molar-refractivity contribution < 1.29 is 5.11 Å². The lowest BCUT2D eigenvalue weighted by Crippen LogP contribution is -2.01. The molecule has 0 aliphatic heterocycles. The maximum Gasteiger partial charge on any atom is 0.127 e. The van der Waals surface area contributed by atoms with Crippen LogP contribution in [0.15, 0.2) is 97.1 Å². The highest BCUT2D eigenvalue weighted by molar-refractivity contribution is 5.76. The molecule has 5 rings (SSSR count). The smallest absolute Gasteiger partial charge is 0.127 e. The highest BCUT2D eigenvalue weighted by Gasteiger charge is 2.15. The molecule has 0 spiro atoms. The molecule has 1 heterocycles. The minimum absolute atomic E-state index is 0.292. The van der Waals surface area contributed by atoms with Crippen molar-refractivity contribution in [2.24, 2.45) is 0 Å². The molecule has 0 atom stereocenters. The van der Waals surface area contributed by atoms with Gasteiger partial charge in [0, 0.05) is 17.5 Å². The fourth-order valence-corrected chi connectivity index (χ4v) is 3.56. The Morgan fingerprint density at radius 2 is 1.28 bits per heavy atom. The molecule has 4 nitrogen and oxygen atoms in total. The van der Waals surface area contributed by atoms with Gasteiger partial charge in [0.25, 0.3) is 0 Å².